The minimum Gasteiger partial charge on any atom is -0.475 e. The molecule has 0 bridgehead atoms. The molecule has 0 aliphatic heterocycles. The van der Waals surface area contributed by atoms with Crippen LogP contribution in [0.2, 0.25) is 5.02 Å². The molecule has 0 spiro atoms. The summed E-state index contributed by atoms with van der Waals surface area (Å²) in [6, 6.07) is 13.6. The Balaban J connectivity index is 0.000000364. The summed E-state index contributed by atoms with van der Waals surface area (Å²) < 4.78 is 35.8. The zero-order valence-electron chi connectivity index (χ0n) is 18.5. The predicted octanol–water partition coefficient (Wildman–Crippen LogP) is 4.47. The second-order valence-corrected chi connectivity index (χ2v) is 8.68. The highest BCUT2D eigenvalue weighted by molar-refractivity contribution is 6.30. The first-order valence-corrected chi connectivity index (χ1v) is 11.1. The summed E-state index contributed by atoms with van der Waals surface area (Å²) >= 11 is 6.17. The summed E-state index contributed by atoms with van der Waals surface area (Å²) in [6.45, 7) is 3.21. The summed E-state index contributed by atoms with van der Waals surface area (Å²) in [6.07, 6.45) is -2.68. The Morgan fingerprint density at radius 3 is 2.49 bits per heavy atom. The van der Waals surface area contributed by atoms with Crippen molar-refractivity contribution < 1.29 is 27.9 Å². The van der Waals surface area contributed by atoms with Gasteiger partial charge in [-0.15, -0.1) is 10.2 Å². The number of halogens is 4. The van der Waals surface area contributed by atoms with Crippen LogP contribution in [0, 0.1) is 12.8 Å². The lowest BCUT2D eigenvalue weighted by Crippen LogP contribution is -2.27. The molecular formula is C23H21ClF3N5O3. The van der Waals surface area contributed by atoms with Gasteiger partial charge >= 0.3 is 12.1 Å². The average Bonchev–Trinajstić information content (AvgIpc) is 3.45. The van der Waals surface area contributed by atoms with Gasteiger partial charge in [0.15, 0.2) is 5.65 Å². The van der Waals surface area contributed by atoms with Gasteiger partial charge in [0.05, 0.1) is 11.0 Å². The number of carbonyl (C=O) groups excluding carboxylic acids is 1. The van der Waals surface area contributed by atoms with E-state index in [1.165, 1.54) is 12.8 Å². The van der Waals surface area contributed by atoms with Crippen molar-refractivity contribution in [1.82, 2.24) is 24.5 Å². The largest absolute Gasteiger partial charge is 0.490 e. The first-order valence-electron chi connectivity index (χ1n) is 10.7. The Hall–Kier alpha value is -3.60. The van der Waals surface area contributed by atoms with E-state index in [1.54, 1.807) is 0 Å². The van der Waals surface area contributed by atoms with Gasteiger partial charge in [0, 0.05) is 18.1 Å². The van der Waals surface area contributed by atoms with Crippen molar-refractivity contribution in [3.8, 4) is 0 Å². The minimum atomic E-state index is -5.08. The fourth-order valence-electron chi connectivity index (χ4n) is 3.67. The zero-order valence-corrected chi connectivity index (χ0v) is 19.3. The number of pyridine rings is 1. The number of rotatable bonds is 5. The predicted molar refractivity (Wildman–Crippen MR) is 123 cm³/mol. The van der Waals surface area contributed by atoms with E-state index in [2.05, 4.69) is 15.5 Å². The molecular weight excluding hydrogens is 487 g/mol. The van der Waals surface area contributed by atoms with E-state index in [1.807, 2.05) is 58.4 Å². The Labute approximate surface area is 202 Å². The van der Waals surface area contributed by atoms with Crippen molar-refractivity contribution >= 4 is 40.2 Å². The average molecular weight is 508 g/mol. The smallest absolute Gasteiger partial charge is 0.475 e. The second-order valence-electron chi connectivity index (χ2n) is 8.25. The van der Waals surface area contributed by atoms with Crippen LogP contribution in [0.4, 0.5) is 13.2 Å². The molecule has 2 N–H and O–H groups in total. The molecule has 1 saturated carbocycles. The van der Waals surface area contributed by atoms with Gasteiger partial charge in [-0.1, -0.05) is 23.7 Å². The van der Waals surface area contributed by atoms with Crippen molar-refractivity contribution in [1.29, 1.82) is 0 Å². The molecule has 12 heteroatoms. The van der Waals surface area contributed by atoms with Gasteiger partial charge in [-0.05, 0) is 61.6 Å². The van der Waals surface area contributed by atoms with Crippen molar-refractivity contribution in [2.75, 3.05) is 6.54 Å². The first kappa shape index (κ1) is 24.5. The fraction of sp³-hybridized carbons (Fsp3) is 0.304. The molecule has 0 atom stereocenters. The zero-order chi connectivity index (χ0) is 25.3. The van der Waals surface area contributed by atoms with E-state index >= 15 is 0 Å². The van der Waals surface area contributed by atoms with E-state index in [9.17, 15) is 18.0 Å². The summed E-state index contributed by atoms with van der Waals surface area (Å²) in [7, 11) is 0. The van der Waals surface area contributed by atoms with Crippen LogP contribution < -0.4 is 5.32 Å². The number of amides is 1. The van der Waals surface area contributed by atoms with Crippen LogP contribution in [0.25, 0.3) is 16.7 Å². The SMILES string of the molecule is Cc1nnc2ccc3c(cc(C(=O)NCC4CC4)n3Cc3cccc(Cl)c3)n12.O=C(O)C(F)(F)F. The highest BCUT2D eigenvalue weighted by atomic mass is 35.5. The lowest BCUT2D eigenvalue weighted by Gasteiger charge is -2.11. The monoisotopic (exact) mass is 507 g/mol. The molecule has 3 heterocycles. The molecule has 35 heavy (non-hydrogen) atoms. The molecule has 8 nitrogen and oxygen atoms in total. The number of hydrogen-bond donors (Lipinski definition) is 2. The minimum absolute atomic E-state index is 0.0518. The van der Waals surface area contributed by atoms with E-state index in [-0.39, 0.29) is 5.91 Å². The number of hydrogen-bond acceptors (Lipinski definition) is 4. The number of carbonyl (C=O) groups is 2. The molecule has 1 amide bonds. The first-order chi connectivity index (χ1) is 16.5. The summed E-state index contributed by atoms with van der Waals surface area (Å²) in [4.78, 5) is 21.9. The van der Waals surface area contributed by atoms with Crippen molar-refractivity contribution in [3.63, 3.8) is 0 Å². The van der Waals surface area contributed by atoms with Gasteiger partial charge in [0.2, 0.25) is 0 Å². The van der Waals surface area contributed by atoms with Crippen molar-refractivity contribution in [3.05, 3.63) is 64.6 Å². The lowest BCUT2D eigenvalue weighted by atomic mass is 10.2. The van der Waals surface area contributed by atoms with Crippen molar-refractivity contribution in [2.45, 2.75) is 32.5 Å². The molecule has 1 aromatic carbocycles. The third-order valence-corrected chi connectivity index (χ3v) is 5.79. The number of benzene rings is 1. The van der Waals surface area contributed by atoms with E-state index in [4.69, 9.17) is 21.5 Å². The number of carboxylic acids is 1. The van der Waals surface area contributed by atoms with Gasteiger partial charge in [-0.3, -0.25) is 9.20 Å². The van der Waals surface area contributed by atoms with Gasteiger partial charge in [-0.2, -0.15) is 13.2 Å². The normalized spacial score (nSPS) is 13.5. The third-order valence-electron chi connectivity index (χ3n) is 5.55. The number of nitrogens with one attached hydrogen (secondary N) is 1. The quantitative estimate of drug-likeness (QED) is 0.415. The van der Waals surface area contributed by atoms with Crippen LogP contribution in [0.15, 0.2) is 42.5 Å². The van der Waals surface area contributed by atoms with Crippen LogP contribution in [0.5, 0.6) is 0 Å². The molecule has 1 fully saturated rings. The van der Waals surface area contributed by atoms with Gasteiger partial charge in [-0.25, -0.2) is 4.79 Å². The Morgan fingerprint density at radius 1 is 1.14 bits per heavy atom. The fourth-order valence-corrected chi connectivity index (χ4v) is 3.88. The molecule has 1 aliphatic rings. The number of aryl methyl sites for hydroxylation is 1. The van der Waals surface area contributed by atoms with Gasteiger partial charge in [0.1, 0.15) is 11.5 Å². The highest BCUT2D eigenvalue weighted by Gasteiger charge is 2.38. The molecule has 0 radical (unpaired) electrons. The maximum atomic E-state index is 13.0. The molecule has 184 valence electrons. The number of alkyl halides is 3. The van der Waals surface area contributed by atoms with Crippen LogP contribution in [-0.4, -0.2) is 48.9 Å². The van der Waals surface area contributed by atoms with Crippen molar-refractivity contribution in [2.24, 2.45) is 5.92 Å². The highest BCUT2D eigenvalue weighted by Crippen LogP contribution is 2.28. The molecule has 5 rings (SSSR count). The number of aliphatic carboxylic acids is 1. The maximum Gasteiger partial charge on any atom is 0.490 e. The molecule has 3 aromatic heterocycles. The summed E-state index contributed by atoms with van der Waals surface area (Å²) in [5, 5.41) is 19.3. The maximum absolute atomic E-state index is 13.0. The number of aromatic nitrogens is 4. The van der Waals surface area contributed by atoms with Crippen LogP contribution in [0.3, 0.4) is 0 Å². The Bertz CT molecular complexity index is 1410. The Morgan fingerprint density at radius 2 is 1.86 bits per heavy atom. The van der Waals surface area contributed by atoms with E-state index < -0.39 is 12.1 Å². The van der Waals surface area contributed by atoms with Gasteiger partial charge in [0.25, 0.3) is 5.91 Å². The van der Waals surface area contributed by atoms with Crippen LogP contribution in [-0.2, 0) is 11.3 Å². The number of carboxylic acid groups (broad SMARTS) is 1. The standard InChI is InChI=1S/C21H20ClN5O.C2HF3O2/c1-13-24-25-20-8-7-17-18(27(13)20)10-19(21(28)23-11-14-5-6-14)26(17)12-15-3-2-4-16(22)9-15;3-2(4,5)1(6)7/h2-4,7-10,14H,5-6,11-12H2,1H3,(H,23,28);(H,6,7). The lowest BCUT2D eigenvalue weighted by molar-refractivity contribution is -0.192. The number of fused-ring (bicyclic) bond motifs is 3. The molecule has 4 aromatic rings. The third kappa shape index (κ3) is 5.56. The molecule has 1 aliphatic carbocycles. The van der Waals surface area contributed by atoms with E-state index in [0.29, 0.717) is 23.2 Å². The molecule has 0 saturated heterocycles. The number of nitrogens with zero attached hydrogens (tertiary/aromatic N) is 4. The summed E-state index contributed by atoms with van der Waals surface area (Å²) in [5.41, 5.74) is 4.35. The molecule has 0 unspecified atom stereocenters. The van der Waals surface area contributed by atoms with Crippen LogP contribution in [0.1, 0.15) is 34.7 Å². The van der Waals surface area contributed by atoms with E-state index in [0.717, 1.165) is 34.6 Å². The topological polar surface area (TPSA) is 102 Å². The van der Waals surface area contributed by atoms with Gasteiger partial charge < -0.3 is 15.0 Å². The Kier molecular flexibility index (Phi) is 6.70. The summed E-state index contributed by atoms with van der Waals surface area (Å²) in [5.74, 6) is -1.39. The van der Waals surface area contributed by atoms with Crippen LogP contribution >= 0.6 is 11.6 Å². The second kappa shape index (κ2) is 9.57.